The summed E-state index contributed by atoms with van der Waals surface area (Å²) < 4.78 is 5.25. The first-order chi connectivity index (χ1) is 14.7. The van der Waals surface area contributed by atoms with E-state index < -0.39 is 0 Å². The number of aliphatic imine (C=N–C) groups is 1. The highest BCUT2D eigenvalue weighted by Crippen LogP contribution is 2.36. The molecule has 4 rings (SSSR count). The van der Waals surface area contributed by atoms with E-state index >= 15 is 0 Å². The first-order valence-corrected chi connectivity index (χ1v) is 12.4. The zero-order chi connectivity index (χ0) is 20.8. The fourth-order valence-electron chi connectivity index (χ4n) is 4.84. The Hall–Kier alpha value is -1.75. The predicted molar refractivity (Wildman–Crippen MR) is 126 cm³/mol. The zero-order valence-corrected chi connectivity index (χ0v) is 19.0. The molecule has 30 heavy (non-hydrogen) atoms. The molecule has 2 saturated carbocycles. The second kappa shape index (κ2) is 10.5. The Bertz CT molecular complexity index is 775. The predicted octanol–water partition coefficient (Wildman–Crippen LogP) is 6.13. The van der Waals surface area contributed by atoms with E-state index in [0.29, 0.717) is 11.8 Å². The molecule has 5 heteroatoms. The van der Waals surface area contributed by atoms with Crippen molar-refractivity contribution in [3.63, 3.8) is 0 Å². The summed E-state index contributed by atoms with van der Waals surface area (Å²) in [7, 11) is 1.67. The number of hydrogen-bond acceptors (Lipinski definition) is 4. The average Bonchev–Trinajstić information content (AvgIpc) is 3.08. The monoisotopic (exact) mass is 426 g/mol. The van der Waals surface area contributed by atoms with Crippen molar-refractivity contribution in [2.75, 3.05) is 20.2 Å². The van der Waals surface area contributed by atoms with E-state index in [-0.39, 0.29) is 5.91 Å². The van der Waals surface area contributed by atoms with Crippen molar-refractivity contribution in [2.45, 2.75) is 64.2 Å². The maximum absolute atomic E-state index is 13.3. The van der Waals surface area contributed by atoms with Crippen molar-refractivity contribution < 1.29 is 9.53 Å². The van der Waals surface area contributed by atoms with E-state index in [1.165, 1.54) is 64.2 Å². The van der Waals surface area contributed by atoms with Gasteiger partial charge in [-0.2, -0.15) is 0 Å². The minimum Gasteiger partial charge on any atom is -0.497 e. The third-order valence-corrected chi connectivity index (χ3v) is 7.72. The SMILES string of the molecule is COc1ccc(/C=C2\SC(=NCC3CCCCC3)N(CC3CCCCC3)C2=O)cc1. The third kappa shape index (κ3) is 5.48. The molecule has 4 nitrogen and oxygen atoms in total. The Morgan fingerprint density at radius 1 is 1.00 bits per heavy atom. The molecule has 0 N–H and O–H groups in total. The maximum Gasteiger partial charge on any atom is 0.266 e. The summed E-state index contributed by atoms with van der Waals surface area (Å²) >= 11 is 1.57. The van der Waals surface area contributed by atoms with Crippen LogP contribution >= 0.6 is 11.8 Å². The fraction of sp³-hybridized carbons (Fsp3) is 0.600. The molecule has 1 saturated heterocycles. The molecule has 1 aromatic rings. The molecule has 1 aromatic carbocycles. The van der Waals surface area contributed by atoms with E-state index in [9.17, 15) is 4.79 Å². The second-order valence-electron chi connectivity index (χ2n) is 8.93. The van der Waals surface area contributed by atoms with E-state index in [4.69, 9.17) is 9.73 Å². The third-order valence-electron chi connectivity index (χ3n) is 6.68. The summed E-state index contributed by atoms with van der Waals surface area (Å²) in [6.45, 7) is 1.70. The molecule has 1 amide bonds. The van der Waals surface area contributed by atoms with Crippen LogP contribution in [0.3, 0.4) is 0 Å². The van der Waals surface area contributed by atoms with Crippen LogP contribution in [-0.2, 0) is 4.79 Å². The number of rotatable bonds is 6. The van der Waals surface area contributed by atoms with Gasteiger partial charge in [-0.05, 0) is 73.1 Å². The molecular weight excluding hydrogens is 392 g/mol. The Kier molecular flexibility index (Phi) is 7.53. The van der Waals surface area contributed by atoms with Gasteiger partial charge in [0.15, 0.2) is 5.17 Å². The number of carbonyl (C=O) groups is 1. The van der Waals surface area contributed by atoms with Gasteiger partial charge < -0.3 is 4.74 Å². The van der Waals surface area contributed by atoms with Gasteiger partial charge in [0.25, 0.3) is 5.91 Å². The van der Waals surface area contributed by atoms with Crippen molar-refractivity contribution in [1.82, 2.24) is 4.90 Å². The number of ether oxygens (including phenoxy) is 1. The Morgan fingerprint density at radius 3 is 2.27 bits per heavy atom. The van der Waals surface area contributed by atoms with Gasteiger partial charge in [0.05, 0.1) is 12.0 Å². The van der Waals surface area contributed by atoms with Crippen LogP contribution < -0.4 is 4.74 Å². The summed E-state index contributed by atoms with van der Waals surface area (Å²) in [4.78, 5) is 21.1. The summed E-state index contributed by atoms with van der Waals surface area (Å²) in [5.41, 5.74) is 1.03. The van der Waals surface area contributed by atoms with E-state index in [0.717, 1.165) is 34.5 Å². The van der Waals surface area contributed by atoms with Crippen LogP contribution in [0.5, 0.6) is 5.75 Å². The lowest BCUT2D eigenvalue weighted by Crippen LogP contribution is -2.35. The standard InChI is InChI=1S/C25H34N2O2S/c1-29-22-14-12-19(13-15-22)16-23-24(28)27(18-21-10-6-3-7-11-21)25(30-23)26-17-20-8-4-2-5-9-20/h12-16,20-21H,2-11,17-18H2,1H3/b23-16-,26-25?. The quantitative estimate of drug-likeness (QED) is 0.514. The van der Waals surface area contributed by atoms with Crippen LogP contribution in [0.1, 0.15) is 69.8 Å². The van der Waals surface area contributed by atoms with Crippen LogP contribution in [0.4, 0.5) is 0 Å². The summed E-state index contributed by atoms with van der Waals surface area (Å²) in [6.07, 6.45) is 15.0. The van der Waals surface area contributed by atoms with Gasteiger partial charge in [-0.3, -0.25) is 14.7 Å². The number of methoxy groups -OCH3 is 1. The number of benzene rings is 1. The van der Waals surface area contributed by atoms with Gasteiger partial charge in [-0.1, -0.05) is 50.7 Å². The number of amides is 1. The van der Waals surface area contributed by atoms with Gasteiger partial charge in [-0.25, -0.2) is 0 Å². The van der Waals surface area contributed by atoms with Crippen molar-refractivity contribution in [2.24, 2.45) is 16.8 Å². The Morgan fingerprint density at radius 2 is 1.63 bits per heavy atom. The topological polar surface area (TPSA) is 41.9 Å². The van der Waals surface area contributed by atoms with Crippen molar-refractivity contribution in [3.8, 4) is 5.75 Å². The molecule has 0 radical (unpaired) electrons. The Labute approximate surface area is 185 Å². The lowest BCUT2D eigenvalue weighted by molar-refractivity contribution is -0.122. The minimum absolute atomic E-state index is 0.129. The van der Waals surface area contributed by atoms with Gasteiger partial charge in [-0.15, -0.1) is 0 Å². The number of thioether (sulfide) groups is 1. The minimum atomic E-state index is 0.129. The highest BCUT2D eigenvalue weighted by Gasteiger charge is 2.35. The molecule has 1 heterocycles. The molecule has 0 atom stereocenters. The maximum atomic E-state index is 13.3. The van der Waals surface area contributed by atoms with Crippen molar-refractivity contribution >= 4 is 28.9 Å². The smallest absolute Gasteiger partial charge is 0.266 e. The lowest BCUT2D eigenvalue weighted by atomic mass is 9.89. The van der Waals surface area contributed by atoms with Crippen molar-refractivity contribution in [3.05, 3.63) is 34.7 Å². The van der Waals surface area contributed by atoms with Crippen LogP contribution in [-0.4, -0.2) is 36.2 Å². The van der Waals surface area contributed by atoms with E-state index in [1.54, 1.807) is 18.9 Å². The van der Waals surface area contributed by atoms with Crippen LogP contribution in [0.15, 0.2) is 34.2 Å². The van der Waals surface area contributed by atoms with Crippen molar-refractivity contribution in [1.29, 1.82) is 0 Å². The molecule has 0 spiro atoms. The molecule has 0 unspecified atom stereocenters. The number of carbonyl (C=O) groups excluding carboxylic acids is 1. The summed E-state index contributed by atoms with van der Waals surface area (Å²) in [6, 6.07) is 7.88. The Balaban J connectivity index is 1.51. The van der Waals surface area contributed by atoms with Crippen LogP contribution in [0.25, 0.3) is 6.08 Å². The lowest BCUT2D eigenvalue weighted by Gasteiger charge is -2.26. The second-order valence-corrected chi connectivity index (χ2v) is 9.94. The molecule has 0 bridgehead atoms. The largest absolute Gasteiger partial charge is 0.497 e. The zero-order valence-electron chi connectivity index (χ0n) is 18.1. The van der Waals surface area contributed by atoms with Gasteiger partial charge in [0.1, 0.15) is 5.75 Å². The fourth-order valence-corrected chi connectivity index (χ4v) is 5.84. The van der Waals surface area contributed by atoms with E-state index in [2.05, 4.69) is 0 Å². The van der Waals surface area contributed by atoms with E-state index in [1.807, 2.05) is 35.2 Å². The summed E-state index contributed by atoms with van der Waals surface area (Å²) in [5, 5.41) is 0.927. The normalized spacial score (nSPS) is 24.2. The molecule has 2 aliphatic carbocycles. The number of amidine groups is 1. The highest BCUT2D eigenvalue weighted by atomic mass is 32.2. The van der Waals surface area contributed by atoms with Gasteiger partial charge in [0, 0.05) is 13.1 Å². The average molecular weight is 427 g/mol. The van der Waals surface area contributed by atoms with Gasteiger partial charge >= 0.3 is 0 Å². The molecule has 1 aliphatic heterocycles. The molecule has 3 aliphatic rings. The molecule has 3 fully saturated rings. The molecule has 162 valence electrons. The molecular formula is C25H34N2O2S. The number of hydrogen-bond donors (Lipinski definition) is 0. The van der Waals surface area contributed by atoms with Crippen LogP contribution in [0, 0.1) is 11.8 Å². The first kappa shape index (κ1) is 21.5. The highest BCUT2D eigenvalue weighted by molar-refractivity contribution is 8.18. The summed E-state index contributed by atoms with van der Waals surface area (Å²) in [5.74, 6) is 2.26. The molecule has 0 aromatic heterocycles. The first-order valence-electron chi connectivity index (χ1n) is 11.6. The van der Waals surface area contributed by atoms with Gasteiger partial charge in [0.2, 0.25) is 0 Å². The number of nitrogens with zero attached hydrogens (tertiary/aromatic N) is 2. The van der Waals surface area contributed by atoms with Crippen LogP contribution in [0.2, 0.25) is 0 Å².